The number of alkyl halides is 6. The first-order valence-electron chi connectivity index (χ1n) is 12.9. The normalized spacial score (nSPS) is 21.0. The number of nitrogens with zero attached hydrogens (tertiary/aromatic N) is 1. The molecule has 0 amide bonds. The molecule has 4 nitrogen and oxygen atoms in total. The number of fused-ring (bicyclic) bond motifs is 1. The quantitative estimate of drug-likeness (QED) is 0.404. The van der Waals surface area contributed by atoms with E-state index < -0.39 is 46.7 Å². The molecule has 2 aromatic carbocycles. The fourth-order valence-corrected chi connectivity index (χ4v) is 6.02. The van der Waals surface area contributed by atoms with E-state index in [1.54, 1.807) is 6.92 Å². The maximum absolute atomic E-state index is 13.6. The highest BCUT2D eigenvalue weighted by atomic mass is 19.4. The smallest absolute Gasteiger partial charge is 0.418 e. The molecule has 5 rings (SSSR count). The Labute approximate surface area is 216 Å². The molecule has 1 N–H and O–H groups in total. The van der Waals surface area contributed by atoms with Crippen LogP contribution in [0.15, 0.2) is 36.4 Å². The summed E-state index contributed by atoms with van der Waals surface area (Å²) in [5, 5.41) is 9.61. The predicted octanol–water partition coefficient (Wildman–Crippen LogP) is 7.30. The summed E-state index contributed by atoms with van der Waals surface area (Å²) in [6, 6.07) is 7.42. The van der Waals surface area contributed by atoms with Crippen LogP contribution in [0.5, 0.6) is 5.75 Å². The zero-order chi connectivity index (χ0) is 27.5. The standard InChI is InChI=1S/C28H29F6NO3/c1-16(25(36)37)24(18-3-4-18)19-5-2-17-8-9-26(38-23(17)14-19)10-12-35(13-11-26)22-15-20(27(29,30)31)6-7-21(22)28(32,33)34/h2,5-7,14-16,18,24H,3-4,8-13H2,1H3,(H,36,37)/t16-,24-/m0/s1. The van der Waals surface area contributed by atoms with Crippen molar-refractivity contribution < 1.29 is 41.0 Å². The number of anilines is 1. The van der Waals surface area contributed by atoms with Gasteiger partial charge in [-0.05, 0) is 72.9 Å². The Morgan fingerprint density at radius 1 is 1.00 bits per heavy atom. The first-order chi connectivity index (χ1) is 17.8. The van der Waals surface area contributed by atoms with Crippen molar-refractivity contribution in [3.05, 3.63) is 58.7 Å². The van der Waals surface area contributed by atoms with Crippen molar-refractivity contribution >= 4 is 11.7 Å². The number of carboxylic acid groups (broad SMARTS) is 1. The minimum atomic E-state index is -4.78. The maximum atomic E-state index is 13.6. The third kappa shape index (κ3) is 5.18. The summed E-state index contributed by atoms with van der Waals surface area (Å²) in [7, 11) is 0. The van der Waals surface area contributed by atoms with Crippen LogP contribution >= 0.6 is 0 Å². The molecule has 0 radical (unpaired) electrons. The van der Waals surface area contributed by atoms with E-state index in [1.807, 2.05) is 18.2 Å². The number of rotatable bonds is 5. The SMILES string of the molecule is C[C@H](C(=O)O)[C@H](c1ccc2c(c1)OC1(CC2)CCN(c2cc(C(F)(F)F)ccc2C(F)(F)F)CC1)C1CC1. The largest absolute Gasteiger partial charge is 0.487 e. The second-order valence-corrected chi connectivity index (χ2v) is 10.9. The van der Waals surface area contributed by atoms with E-state index in [-0.39, 0.29) is 19.0 Å². The van der Waals surface area contributed by atoms with Gasteiger partial charge in [-0.15, -0.1) is 0 Å². The minimum absolute atomic E-state index is 0.122. The van der Waals surface area contributed by atoms with E-state index in [9.17, 15) is 36.2 Å². The van der Waals surface area contributed by atoms with E-state index in [0.717, 1.165) is 24.0 Å². The van der Waals surface area contributed by atoms with Gasteiger partial charge in [0.15, 0.2) is 0 Å². The number of hydrogen-bond donors (Lipinski definition) is 1. The molecule has 206 valence electrons. The van der Waals surface area contributed by atoms with Crippen molar-refractivity contribution in [3.8, 4) is 5.75 Å². The van der Waals surface area contributed by atoms with Crippen LogP contribution < -0.4 is 9.64 Å². The van der Waals surface area contributed by atoms with E-state index in [2.05, 4.69) is 0 Å². The van der Waals surface area contributed by atoms with Crippen molar-refractivity contribution in [3.63, 3.8) is 0 Å². The fourth-order valence-electron chi connectivity index (χ4n) is 6.02. The Morgan fingerprint density at radius 2 is 1.68 bits per heavy atom. The number of carboxylic acids is 1. The van der Waals surface area contributed by atoms with Crippen LogP contribution in [0, 0.1) is 11.8 Å². The van der Waals surface area contributed by atoms with Gasteiger partial charge in [-0.3, -0.25) is 4.79 Å². The molecule has 2 aliphatic heterocycles. The molecule has 2 atom stereocenters. The lowest BCUT2D eigenvalue weighted by atomic mass is 9.80. The van der Waals surface area contributed by atoms with Crippen molar-refractivity contribution in [2.75, 3.05) is 18.0 Å². The van der Waals surface area contributed by atoms with Gasteiger partial charge in [0, 0.05) is 31.6 Å². The van der Waals surface area contributed by atoms with Crippen molar-refractivity contribution in [2.24, 2.45) is 11.8 Å². The molecular weight excluding hydrogens is 512 g/mol. The van der Waals surface area contributed by atoms with Crippen LogP contribution in [0.2, 0.25) is 0 Å². The van der Waals surface area contributed by atoms with Gasteiger partial charge < -0.3 is 14.7 Å². The van der Waals surface area contributed by atoms with Crippen molar-refractivity contribution in [1.82, 2.24) is 0 Å². The second-order valence-electron chi connectivity index (χ2n) is 10.9. The Morgan fingerprint density at radius 3 is 2.26 bits per heavy atom. The third-order valence-electron chi connectivity index (χ3n) is 8.36. The van der Waals surface area contributed by atoms with Crippen molar-refractivity contribution in [2.45, 2.75) is 69.3 Å². The molecular formula is C28H29F6NO3. The lowest BCUT2D eigenvalue weighted by molar-refractivity contribution is -0.142. The van der Waals surface area contributed by atoms with Gasteiger partial charge in [-0.25, -0.2) is 0 Å². The predicted molar refractivity (Wildman–Crippen MR) is 128 cm³/mol. The molecule has 2 aromatic rings. The van der Waals surface area contributed by atoms with Gasteiger partial charge in [0.05, 0.1) is 17.0 Å². The van der Waals surface area contributed by atoms with Gasteiger partial charge in [0.2, 0.25) is 0 Å². The number of hydrogen-bond acceptors (Lipinski definition) is 3. The third-order valence-corrected chi connectivity index (χ3v) is 8.36. The van der Waals surface area contributed by atoms with Gasteiger partial charge >= 0.3 is 18.3 Å². The molecule has 3 aliphatic rings. The first-order valence-corrected chi connectivity index (χ1v) is 12.9. The Bertz CT molecular complexity index is 1210. The summed E-state index contributed by atoms with van der Waals surface area (Å²) in [6.45, 7) is 1.96. The Hall–Kier alpha value is -2.91. The number of halogens is 6. The summed E-state index contributed by atoms with van der Waals surface area (Å²) in [6.07, 6.45) is -5.49. The monoisotopic (exact) mass is 541 g/mol. The average molecular weight is 542 g/mol. The van der Waals surface area contributed by atoms with Gasteiger partial charge in [-0.2, -0.15) is 26.3 Å². The van der Waals surface area contributed by atoms with E-state index in [1.165, 1.54) is 4.90 Å². The number of piperidine rings is 1. The van der Waals surface area contributed by atoms with Crippen LogP contribution in [0.3, 0.4) is 0 Å². The number of aliphatic carboxylic acids is 1. The summed E-state index contributed by atoms with van der Waals surface area (Å²) in [5.74, 6) is -0.535. The lowest BCUT2D eigenvalue weighted by Crippen LogP contribution is -2.50. The average Bonchev–Trinajstić information content (AvgIpc) is 3.68. The van der Waals surface area contributed by atoms with Gasteiger partial charge in [-0.1, -0.05) is 19.1 Å². The van der Waals surface area contributed by atoms with Gasteiger partial charge in [0.1, 0.15) is 11.4 Å². The molecule has 2 heterocycles. The highest BCUT2D eigenvalue weighted by Crippen LogP contribution is 2.49. The topological polar surface area (TPSA) is 49.8 Å². The summed E-state index contributed by atoms with van der Waals surface area (Å²) in [4.78, 5) is 13.1. The number of benzene rings is 2. The highest BCUT2D eigenvalue weighted by molar-refractivity contribution is 5.71. The Balaban J connectivity index is 1.36. The molecule has 1 spiro atoms. The highest BCUT2D eigenvalue weighted by Gasteiger charge is 2.44. The van der Waals surface area contributed by atoms with Crippen LogP contribution in [-0.2, 0) is 23.6 Å². The van der Waals surface area contributed by atoms with E-state index >= 15 is 0 Å². The van der Waals surface area contributed by atoms with Crippen molar-refractivity contribution in [1.29, 1.82) is 0 Å². The molecule has 10 heteroatoms. The lowest BCUT2D eigenvalue weighted by Gasteiger charge is -2.46. The maximum Gasteiger partial charge on any atom is 0.418 e. The molecule has 0 bridgehead atoms. The second kappa shape index (κ2) is 9.38. The van der Waals surface area contributed by atoms with Crippen LogP contribution in [0.25, 0.3) is 0 Å². The Kier molecular flexibility index (Phi) is 6.59. The summed E-state index contributed by atoms with van der Waals surface area (Å²) < 4.78 is 87.2. The number of carbonyl (C=O) groups is 1. The molecule has 1 saturated carbocycles. The molecule has 0 aromatic heterocycles. The van der Waals surface area contributed by atoms with E-state index in [4.69, 9.17) is 4.74 Å². The van der Waals surface area contributed by atoms with Crippen LogP contribution in [-0.4, -0.2) is 29.8 Å². The van der Waals surface area contributed by atoms with E-state index in [0.29, 0.717) is 55.5 Å². The molecule has 2 fully saturated rings. The number of aryl methyl sites for hydroxylation is 1. The van der Waals surface area contributed by atoms with Crippen LogP contribution in [0.4, 0.5) is 32.0 Å². The zero-order valence-electron chi connectivity index (χ0n) is 20.8. The fraction of sp³-hybridized carbons (Fsp3) is 0.536. The number of ether oxygens (including phenoxy) is 1. The summed E-state index contributed by atoms with van der Waals surface area (Å²) >= 11 is 0. The van der Waals surface area contributed by atoms with Gasteiger partial charge in [0.25, 0.3) is 0 Å². The molecule has 1 saturated heterocycles. The molecule has 1 aliphatic carbocycles. The zero-order valence-corrected chi connectivity index (χ0v) is 20.8. The summed E-state index contributed by atoms with van der Waals surface area (Å²) in [5.41, 5.74) is -1.38. The molecule has 0 unspecified atom stereocenters. The minimum Gasteiger partial charge on any atom is -0.487 e. The molecule has 38 heavy (non-hydrogen) atoms. The first kappa shape index (κ1) is 26.7. The van der Waals surface area contributed by atoms with Crippen LogP contribution in [0.1, 0.15) is 67.2 Å².